The molecule has 53 heavy (non-hydrogen) atoms. The molecule has 2 fully saturated rings. The molecular formula is C42H45ClN6O4. The van der Waals surface area contributed by atoms with Gasteiger partial charge in [-0.15, -0.1) is 0 Å². The number of aliphatic imine (C=N–C) groups is 1. The lowest BCUT2D eigenvalue weighted by molar-refractivity contribution is -0.130. The summed E-state index contributed by atoms with van der Waals surface area (Å²) in [7, 11) is 3.45. The molecule has 1 unspecified atom stereocenters. The van der Waals surface area contributed by atoms with Gasteiger partial charge in [-0.2, -0.15) is 0 Å². The topological polar surface area (TPSA) is 108 Å². The summed E-state index contributed by atoms with van der Waals surface area (Å²) < 4.78 is 7.52. The van der Waals surface area contributed by atoms with Crippen LogP contribution in [-0.4, -0.2) is 66.1 Å². The fraction of sp³-hybridized carbons (Fsp3) is 0.381. The van der Waals surface area contributed by atoms with Gasteiger partial charge in [0.1, 0.15) is 11.5 Å². The van der Waals surface area contributed by atoms with Crippen molar-refractivity contribution in [2.24, 2.45) is 12.0 Å². The van der Waals surface area contributed by atoms with Crippen LogP contribution in [0, 0.1) is 0 Å². The highest BCUT2D eigenvalue weighted by Crippen LogP contribution is 2.38. The second-order valence-corrected chi connectivity index (χ2v) is 15.1. The second-order valence-electron chi connectivity index (χ2n) is 14.7. The number of nitrogens with zero attached hydrogens (tertiary/aromatic N) is 4. The fourth-order valence-electron chi connectivity index (χ4n) is 8.33. The maximum absolute atomic E-state index is 12.7. The van der Waals surface area contributed by atoms with Gasteiger partial charge >= 0.3 is 0 Å². The summed E-state index contributed by atoms with van der Waals surface area (Å²) in [4.78, 5) is 45.7. The number of Topliss-reactive ketones (excluding diaryl/α,β-unsaturated/α-hetero) is 2. The van der Waals surface area contributed by atoms with Crippen LogP contribution in [0.1, 0.15) is 59.9 Å². The zero-order valence-corrected chi connectivity index (χ0v) is 31.0. The molecule has 0 spiro atoms. The number of carbonyl (C=O) groups is 2. The minimum Gasteiger partial charge on any atom is -0.496 e. The molecule has 1 atom stereocenters. The lowest BCUT2D eigenvalue weighted by atomic mass is 9.93. The van der Waals surface area contributed by atoms with E-state index in [1.165, 1.54) is 22.5 Å². The lowest BCUT2D eigenvalue weighted by Gasteiger charge is -2.36. The van der Waals surface area contributed by atoms with Gasteiger partial charge in [0, 0.05) is 109 Å². The van der Waals surface area contributed by atoms with Crippen LogP contribution in [0.2, 0.25) is 5.02 Å². The number of pyridine rings is 1. The number of ketones is 2. The van der Waals surface area contributed by atoms with Crippen LogP contribution in [-0.2, 0) is 42.7 Å². The zero-order chi connectivity index (χ0) is 36.6. The molecule has 3 aromatic carbocycles. The van der Waals surface area contributed by atoms with Gasteiger partial charge in [0.2, 0.25) is 0 Å². The van der Waals surface area contributed by atoms with Crippen LogP contribution in [0.3, 0.4) is 0 Å². The first-order valence-corrected chi connectivity index (χ1v) is 19.0. The maximum Gasteiger partial charge on any atom is 0.256 e. The summed E-state index contributed by atoms with van der Waals surface area (Å²) in [5.41, 5.74) is 10.4. The van der Waals surface area contributed by atoms with Crippen molar-refractivity contribution in [3.8, 4) is 16.9 Å². The Morgan fingerprint density at radius 3 is 2.53 bits per heavy atom. The van der Waals surface area contributed by atoms with Crippen LogP contribution in [0.25, 0.3) is 11.1 Å². The van der Waals surface area contributed by atoms with E-state index in [4.69, 9.17) is 16.3 Å². The van der Waals surface area contributed by atoms with Gasteiger partial charge in [0.15, 0.2) is 5.78 Å². The third-order valence-electron chi connectivity index (χ3n) is 11.3. The van der Waals surface area contributed by atoms with Crippen molar-refractivity contribution in [3.63, 3.8) is 0 Å². The molecule has 4 aromatic rings. The number of hydrogen-bond acceptors (Lipinski definition) is 9. The standard InChI is InChI=1S/C42H45ClN6O4/c1-47-24-35(33-21-44-22-34(33)42(47)52)27-18-37(43)36(41(19-27)53-2)25-48-15-14-32-26(23-48)4-3-5-38(32)45-29-12-16-49(17-13-29)30-8-6-28(7-9-30)46-39-11-10-31(50)20-40(39)51/h3-9,18-19,21,24,29,39,45-46H,10-17,20,22-23,25H2,1-2H3. The Balaban J connectivity index is 0.886. The SMILES string of the molecule is COc1cc(-c2cn(C)c(=O)c3c2C=NC3)cc(Cl)c1CN1CCc2c(cccc2NC2CCN(c3ccc(NC4CCC(=O)CC4=O)cc3)CC2)C1. The number of rotatable bonds is 9. The number of aromatic nitrogens is 1. The third kappa shape index (κ3) is 7.22. The number of aryl methyl sites for hydroxylation is 1. The van der Waals surface area contributed by atoms with Gasteiger partial charge in [0.25, 0.3) is 5.56 Å². The normalized spacial score (nSPS) is 18.9. The fourth-order valence-corrected chi connectivity index (χ4v) is 8.60. The number of hydrogen-bond donors (Lipinski definition) is 2. The molecule has 4 aliphatic rings. The summed E-state index contributed by atoms with van der Waals surface area (Å²) in [6.45, 7) is 4.74. The van der Waals surface area contributed by atoms with Crippen LogP contribution < -0.4 is 25.8 Å². The zero-order valence-electron chi connectivity index (χ0n) is 30.3. The second kappa shape index (κ2) is 14.8. The molecule has 10 nitrogen and oxygen atoms in total. The number of halogens is 1. The first kappa shape index (κ1) is 35.1. The minimum atomic E-state index is -0.274. The minimum absolute atomic E-state index is 0.0108. The largest absolute Gasteiger partial charge is 0.496 e. The average Bonchev–Trinajstić information content (AvgIpc) is 3.66. The summed E-state index contributed by atoms with van der Waals surface area (Å²) >= 11 is 6.99. The molecule has 1 aliphatic carbocycles. The molecule has 2 N–H and O–H groups in total. The van der Waals surface area contributed by atoms with E-state index in [9.17, 15) is 14.4 Å². The van der Waals surface area contributed by atoms with E-state index in [2.05, 4.69) is 55.8 Å². The van der Waals surface area contributed by atoms with Crippen molar-refractivity contribution in [3.05, 3.63) is 104 Å². The van der Waals surface area contributed by atoms with Crippen molar-refractivity contribution < 1.29 is 14.3 Å². The van der Waals surface area contributed by atoms with E-state index in [1.54, 1.807) is 24.9 Å². The van der Waals surface area contributed by atoms with Gasteiger partial charge in [-0.05, 0) is 84.8 Å². The van der Waals surface area contributed by atoms with Crippen LogP contribution in [0.15, 0.2) is 70.6 Å². The number of carbonyl (C=O) groups excluding carboxylic acids is 2. The molecule has 0 amide bonds. The first-order valence-electron chi connectivity index (χ1n) is 18.6. The van der Waals surface area contributed by atoms with E-state index in [-0.39, 0.29) is 29.6 Å². The van der Waals surface area contributed by atoms with E-state index < -0.39 is 0 Å². The van der Waals surface area contributed by atoms with Crippen LogP contribution in [0.4, 0.5) is 17.1 Å². The smallest absolute Gasteiger partial charge is 0.256 e. The highest BCUT2D eigenvalue weighted by atomic mass is 35.5. The maximum atomic E-state index is 12.7. The van der Waals surface area contributed by atoms with Crippen LogP contribution in [0.5, 0.6) is 5.75 Å². The Kier molecular flexibility index (Phi) is 9.83. The summed E-state index contributed by atoms with van der Waals surface area (Å²) in [5, 5.41) is 7.87. The third-order valence-corrected chi connectivity index (χ3v) is 11.6. The predicted octanol–water partition coefficient (Wildman–Crippen LogP) is 6.39. The molecule has 0 bridgehead atoms. The van der Waals surface area contributed by atoms with Crippen LogP contribution >= 0.6 is 11.6 Å². The molecule has 8 rings (SSSR count). The van der Waals surface area contributed by atoms with Crippen molar-refractivity contribution in [2.45, 2.75) is 70.2 Å². The summed E-state index contributed by atoms with van der Waals surface area (Å²) in [6.07, 6.45) is 7.76. The molecule has 3 aliphatic heterocycles. The van der Waals surface area contributed by atoms with Crippen molar-refractivity contribution in [1.29, 1.82) is 0 Å². The quantitative estimate of drug-likeness (QED) is 0.191. The molecule has 1 saturated heterocycles. The molecule has 4 heterocycles. The monoisotopic (exact) mass is 732 g/mol. The Morgan fingerprint density at radius 1 is 0.943 bits per heavy atom. The molecule has 11 heteroatoms. The van der Waals surface area contributed by atoms with Gasteiger partial charge in [0.05, 0.1) is 26.1 Å². The number of benzene rings is 3. The van der Waals surface area contributed by atoms with E-state index in [0.29, 0.717) is 42.6 Å². The molecule has 274 valence electrons. The first-order chi connectivity index (χ1) is 25.7. The Bertz CT molecular complexity index is 2150. The van der Waals surface area contributed by atoms with E-state index in [0.717, 1.165) is 79.1 Å². The number of piperidine rings is 1. The molecular weight excluding hydrogens is 688 g/mol. The summed E-state index contributed by atoms with van der Waals surface area (Å²) in [6, 6.07) is 19.1. The van der Waals surface area contributed by atoms with Crippen molar-refractivity contribution >= 4 is 46.4 Å². The highest BCUT2D eigenvalue weighted by Gasteiger charge is 2.28. The molecule has 1 aromatic heterocycles. The number of nitrogens with one attached hydrogen (secondary N) is 2. The summed E-state index contributed by atoms with van der Waals surface area (Å²) in [5.74, 6) is 0.768. The van der Waals surface area contributed by atoms with Gasteiger partial charge in [-0.1, -0.05) is 23.7 Å². The van der Waals surface area contributed by atoms with Crippen molar-refractivity contribution in [1.82, 2.24) is 9.47 Å². The van der Waals surface area contributed by atoms with E-state index >= 15 is 0 Å². The number of anilines is 3. The number of fused-ring (bicyclic) bond motifs is 2. The van der Waals surface area contributed by atoms with Crippen molar-refractivity contribution in [2.75, 3.05) is 42.3 Å². The Hall–Kier alpha value is -4.93. The molecule has 1 saturated carbocycles. The Labute approximate surface area is 314 Å². The molecule has 0 radical (unpaired) electrons. The van der Waals surface area contributed by atoms with E-state index in [1.807, 2.05) is 30.5 Å². The number of ether oxygens (including phenoxy) is 1. The Morgan fingerprint density at radius 2 is 1.75 bits per heavy atom. The predicted molar refractivity (Wildman–Crippen MR) is 211 cm³/mol. The lowest BCUT2D eigenvalue weighted by Crippen LogP contribution is -2.39. The van der Waals surface area contributed by atoms with Gasteiger partial charge in [-0.25, -0.2) is 0 Å². The van der Waals surface area contributed by atoms with Gasteiger partial charge < -0.3 is 24.8 Å². The van der Waals surface area contributed by atoms with Gasteiger partial charge in [-0.3, -0.25) is 24.3 Å². The number of methoxy groups -OCH3 is 1. The average molecular weight is 733 g/mol. The highest BCUT2D eigenvalue weighted by molar-refractivity contribution is 6.32.